The molecule has 104 valence electrons. The van der Waals surface area contributed by atoms with E-state index in [0.29, 0.717) is 5.75 Å². The Labute approximate surface area is 112 Å². The standard InChI is InChI=1S/C13H18N2O4/c1-8(13(18)15(2)3)14-12(17)10-7-9(19-4)5-6-11(10)16/h5-8,16H,1-4H3,(H,14,17). The molecule has 1 rings (SSSR count). The predicted molar refractivity (Wildman–Crippen MR) is 70.3 cm³/mol. The minimum Gasteiger partial charge on any atom is -0.507 e. The SMILES string of the molecule is COc1ccc(O)c(C(=O)NC(C)C(=O)N(C)C)c1. The van der Waals surface area contributed by atoms with Gasteiger partial charge in [-0.05, 0) is 25.1 Å². The highest BCUT2D eigenvalue weighted by molar-refractivity contribution is 5.99. The molecular weight excluding hydrogens is 248 g/mol. The average Bonchev–Trinajstić information content (AvgIpc) is 2.37. The normalized spacial score (nSPS) is 11.6. The molecule has 19 heavy (non-hydrogen) atoms. The molecule has 0 aromatic heterocycles. The molecule has 0 radical (unpaired) electrons. The van der Waals surface area contributed by atoms with Crippen molar-refractivity contribution in [3.63, 3.8) is 0 Å². The highest BCUT2D eigenvalue weighted by Crippen LogP contribution is 2.22. The zero-order valence-electron chi connectivity index (χ0n) is 11.4. The van der Waals surface area contributed by atoms with Gasteiger partial charge in [0.05, 0.1) is 12.7 Å². The van der Waals surface area contributed by atoms with Gasteiger partial charge in [-0.15, -0.1) is 0 Å². The van der Waals surface area contributed by atoms with Crippen molar-refractivity contribution >= 4 is 11.8 Å². The van der Waals surface area contributed by atoms with E-state index < -0.39 is 11.9 Å². The molecule has 0 aliphatic rings. The number of carbonyl (C=O) groups is 2. The quantitative estimate of drug-likeness (QED) is 0.836. The Bertz CT molecular complexity index is 486. The van der Waals surface area contributed by atoms with Crippen molar-refractivity contribution in [2.45, 2.75) is 13.0 Å². The summed E-state index contributed by atoms with van der Waals surface area (Å²) >= 11 is 0. The zero-order chi connectivity index (χ0) is 14.6. The largest absolute Gasteiger partial charge is 0.507 e. The lowest BCUT2D eigenvalue weighted by Crippen LogP contribution is -2.44. The van der Waals surface area contributed by atoms with E-state index in [0.717, 1.165) is 0 Å². The van der Waals surface area contributed by atoms with Gasteiger partial charge >= 0.3 is 0 Å². The maximum absolute atomic E-state index is 12.0. The number of rotatable bonds is 4. The van der Waals surface area contributed by atoms with E-state index in [-0.39, 0.29) is 17.2 Å². The highest BCUT2D eigenvalue weighted by Gasteiger charge is 2.20. The van der Waals surface area contributed by atoms with Crippen LogP contribution in [0.1, 0.15) is 17.3 Å². The second-order valence-corrected chi connectivity index (χ2v) is 4.31. The van der Waals surface area contributed by atoms with Crippen molar-refractivity contribution in [3.8, 4) is 11.5 Å². The van der Waals surface area contributed by atoms with Crippen molar-refractivity contribution in [1.82, 2.24) is 10.2 Å². The smallest absolute Gasteiger partial charge is 0.255 e. The maximum atomic E-state index is 12.0. The van der Waals surface area contributed by atoms with Crippen molar-refractivity contribution in [1.29, 1.82) is 0 Å². The van der Waals surface area contributed by atoms with Crippen LogP contribution in [0.3, 0.4) is 0 Å². The molecule has 0 aliphatic heterocycles. The third-order valence-electron chi connectivity index (χ3n) is 2.61. The van der Waals surface area contributed by atoms with Crippen molar-refractivity contribution < 1.29 is 19.4 Å². The number of likely N-dealkylation sites (N-methyl/N-ethyl adjacent to an activating group) is 1. The van der Waals surface area contributed by atoms with Crippen LogP contribution in [-0.4, -0.2) is 49.1 Å². The van der Waals surface area contributed by atoms with E-state index in [4.69, 9.17) is 4.74 Å². The maximum Gasteiger partial charge on any atom is 0.255 e. The molecule has 0 saturated carbocycles. The summed E-state index contributed by atoms with van der Waals surface area (Å²) in [7, 11) is 4.67. The zero-order valence-corrected chi connectivity index (χ0v) is 11.4. The number of carbonyl (C=O) groups excluding carboxylic acids is 2. The number of nitrogens with zero attached hydrogens (tertiary/aromatic N) is 1. The monoisotopic (exact) mass is 266 g/mol. The average molecular weight is 266 g/mol. The summed E-state index contributed by atoms with van der Waals surface area (Å²) in [6.07, 6.45) is 0. The van der Waals surface area contributed by atoms with Crippen molar-refractivity contribution in [2.24, 2.45) is 0 Å². The first-order valence-electron chi connectivity index (χ1n) is 5.75. The minimum absolute atomic E-state index is 0.0674. The Morgan fingerprint density at radius 1 is 1.37 bits per heavy atom. The number of phenols is 1. The van der Waals surface area contributed by atoms with Gasteiger partial charge in [0.15, 0.2) is 0 Å². The summed E-state index contributed by atoms with van der Waals surface area (Å²) in [5, 5.41) is 12.2. The minimum atomic E-state index is -0.673. The first kappa shape index (κ1) is 14.8. The van der Waals surface area contributed by atoms with Gasteiger partial charge in [0, 0.05) is 14.1 Å². The van der Waals surface area contributed by atoms with Crippen LogP contribution in [0.15, 0.2) is 18.2 Å². The Balaban J connectivity index is 2.86. The Hall–Kier alpha value is -2.24. The lowest BCUT2D eigenvalue weighted by molar-refractivity contribution is -0.130. The second kappa shape index (κ2) is 6.08. The molecule has 2 N–H and O–H groups in total. The van der Waals surface area contributed by atoms with Crippen LogP contribution in [-0.2, 0) is 4.79 Å². The number of amides is 2. The van der Waals surface area contributed by atoms with Crippen molar-refractivity contribution in [2.75, 3.05) is 21.2 Å². The summed E-state index contributed by atoms with van der Waals surface area (Å²) in [6.45, 7) is 1.58. The number of phenolic OH excluding ortho intramolecular Hbond substituents is 1. The molecule has 6 nitrogen and oxygen atoms in total. The predicted octanol–water partition coefficient (Wildman–Crippen LogP) is 0.607. The van der Waals surface area contributed by atoms with Crippen LogP contribution in [0.25, 0.3) is 0 Å². The Morgan fingerprint density at radius 3 is 2.53 bits per heavy atom. The third-order valence-corrected chi connectivity index (χ3v) is 2.61. The Kier molecular flexibility index (Phi) is 4.74. The van der Waals surface area contributed by atoms with Gasteiger partial charge in [-0.2, -0.15) is 0 Å². The molecule has 0 fully saturated rings. The fourth-order valence-corrected chi connectivity index (χ4v) is 1.55. The number of nitrogens with one attached hydrogen (secondary N) is 1. The lowest BCUT2D eigenvalue weighted by Gasteiger charge is -2.18. The fourth-order valence-electron chi connectivity index (χ4n) is 1.55. The third kappa shape index (κ3) is 3.61. The summed E-state index contributed by atoms with van der Waals surface area (Å²) in [5.74, 6) is -0.466. The van der Waals surface area contributed by atoms with Gasteiger partial charge in [-0.1, -0.05) is 0 Å². The number of methoxy groups -OCH3 is 1. The molecule has 1 unspecified atom stereocenters. The number of hydrogen-bond donors (Lipinski definition) is 2. The summed E-state index contributed by atoms with van der Waals surface area (Å²) in [5.41, 5.74) is 0.0674. The van der Waals surface area contributed by atoms with Crippen LogP contribution in [0.5, 0.6) is 11.5 Å². The van der Waals surface area contributed by atoms with Gasteiger partial charge in [-0.25, -0.2) is 0 Å². The van der Waals surface area contributed by atoms with Crippen LogP contribution >= 0.6 is 0 Å². The fraction of sp³-hybridized carbons (Fsp3) is 0.385. The Morgan fingerprint density at radius 2 is 2.00 bits per heavy atom. The van der Waals surface area contributed by atoms with E-state index in [1.165, 1.54) is 24.1 Å². The molecule has 2 amide bonds. The summed E-state index contributed by atoms with van der Waals surface area (Å²) in [6, 6.07) is 3.65. The van der Waals surface area contributed by atoms with E-state index in [2.05, 4.69) is 5.32 Å². The lowest BCUT2D eigenvalue weighted by atomic mass is 10.1. The molecule has 0 heterocycles. The van der Waals surface area contributed by atoms with E-state index in [9.17, 15) is 14.7 Å². The topological polar surface area (TPSA) is 78.9 Å². The summed E-state index contributed by atoms with van der Waals surface area (Å²) < 4.78 is 4.98. The molecule has 0 bridgehead atoms. The molecule has 0 aliphatic carbocycles. The van der Waals surface area contributed by atoms with Crippen LogP contribution in [0.2, 0.25) is 0 Å². The number of ether oxygens (including phenoxy) is 1. The first-order valence-corrected chi connectivity index (χ1v) is 5.75. The van der Waals surface area contributed by atoms with E-state index in [1.54, 1.807) is 27.1 Å². The first-order chi connectivity index (χ1) is 8.86. The number of hydrogen-bond acceptors (Lipinski definition) is 4. The molecular formula is C13H18N2O4. The van der Waals surface area contributed by atoms with Crippen LogP contribution in [0.4, 0.5) is 0 Å². The van der Waals surface area contributed by atoms with Gasteiger partial charge < -0.3 is 20.1 Å². The van der Waals surface area contributed by atoms with E-state index in [1.807, 2.05) is 0 Å². The van der Waals surface area contributed by atoms with Gasteiger partial charge in [0.1, 0.15) is 17.5 Å². The molecule has 1 aromatic carbocycles. The molecule has 6 heteroatoms. The van der Waals surface area contributed by atoms with Crippen LogP contribution in [0, 0.1) is 0 Å². The van der Waals surface area contributed by atoms with Gasteiger partial charge in [0.25, 0.3) is 5.91 Å². The molecule has 1 atom stereocenters. The molecule has 1 aromatic rings. The number of benzene rings is 1. The van der Waals surface area contributed by atoms with Crippen molar-refractivity contribution in [3.05, 3.63) is 23.8 Å². The van der Waals surface area contributed by atoms with Crippen LogP contribution < -0.4 is 10.1 Å². The summed E-state index contributed by atoms with van der Waals surface area (Å²) in [4.78, 5) is 25.0. The molecule has 0 spiro atoms. The number of aromatic hydroxyl groups is 1. The van der Waals surface area contributed by atoms with Gasteiger partial charge in [0.2, 0.25) is 5.91 Å². The molecule has 0 saturated heterocycles. The van der Waals surface area contributed by atoms with Gasteiger partial charge in [-0.3, -0.25) is 9.59 Å². The highest BCUT2D eigenvalue weighted by atomic mass is 16.5. The van der Waals surface area contributed by atoms with E-state index >= 15 is 0 Å². The second-order valence-electron chi connectivity index (χ2n) is 4.31.